The number of nitrogens with zero attached hydrogens (tertiary/aromatic N) is 2. The molecule has 2 aromatic rings. The molecule has 0 amide bonds. The van der Waals surface area contributed by atoms with Crippen LogP contribution in [0, 0.1) is 13.8 Å². The monoisotopic (exact) mass is 285 g/mol. The Balaban J connectivity index is 2.32. The first-order valence-corrected chi connectivity index (χ1v) is 7.48. The molecule has 2 rings (SSSR count). The van der Waals surface area contributed by atoms with Gasteiger partial charge >= 0.3 is 0 Å². The lowest BCUT2D eigenvalue weighted by molar-refractivity contribution is 0.317. The molecule has 4 heteroatoms. The quantitative estimate of drug-likeness (QED) is 0.872. The van der Waals surface area contributed by atoms with Crippen LogP contribution in [-0.4, -0.2) is 23.1 Å². The summed E-state index contributed by atoms with van der Waals surface area (Å²) in [5, 5.41) is 3.29. The van der Waals surface area contributed by atoms with Gasteiger partial charge in [-0.15, -0.1) is 0 Å². The molecule has 0 spiro atoms. The van der Waals surface area contributed by atoms with Crippen LogP contribution < -0.4 is 10.1 Å². The Kier molecular flexibility index (Phi) is 5.14. The maximum Gasteiger partial charge on any atom is 0.133 e. The second-order valence-electron chi connectivity index (χ2n) is 5.00. The second kappa shape index (κ2) is 7.07. The van der Waals surface area contributed by atoms with Crippen LogP contribution >= 0.6 is 0 Å². The van der Waals surface area contributed by atoms with Crippen LogP contribution in [0.1, 0.15) is 31.7 Å². The molecular weight excluding hydrogens is 262 g/mol. The number of anilines is 1. The Bertz CT molecular complexity index is 594. The van der Waals surface area contributed by atoms with Gasteiger partial charge in [0.15, 0.2) is 0 Å². The molecular formula is C17H23N3O. The molecule has 0 bridgehead atoms. The van der Waals surface area contributed by atoms with E-state index in [4.69, 9.17) is 4.74 Å². The zero-order valence-electron chi connectivity index (χ0n) is 13.2. The van der Waals surface area contributed by atoms with Crippen LogP contribution in [0.4, 0.5) is 5.82 Å². The van der Waals surface area contributed by atoms with Gasteiger partial charge in [-0.1, -0.05) is 6.92 Å². The molecule has 0 fully saturated rings. The molecule has 21 heavy (non-hydrogen) atoms. The predicted octanol–water partition coefficient (Wildman–Crippen LogP) is 3.98. The van der Waals surface area contributed by atoms with E-state index in [0.29, 0.717) is 0 Å². The average Bonchev–Trinajstić information content (AvgIpc) is 2.49. The van der Waals surface area contributed by atoms with Crippen molar-refractivity contribution in [2.75, 3.05) is 18.5 Å². The van der Waals surface area contributed by atoms with Gasteiger partial charge in [0.2, 0.25) is 0 Å². The maximum atomic E-state index is 5.62. The Morgan fingerprint density at radius 3 is 2.38 bits per heavy atom. The molecule has 0 atom stereocenters. The first-order valence-electron chi connectivity index (χ1n) is 7.48. The van der Waals surface area contributed by atoms with E-state index in [1.165, 1.54) is 0 Å². The molecule has 0 aliphatic carbocycles. The summed E-state index contributed by atoms with van der Waals surface area (Å²) in [6.07, 6.45) is 1.01. The highest BCUT2D eigenvalue weighted by atomic mass is 16.5. The molecule has 112 valence electrons. The third-order valence-corrected chi connectivity index (χ3v) is 3.20. The largest absolute Gasteiger partial charge is 0.494 e. The normalized spacial score (nSPS) is 10.5. The minimum absolute atomic E-state index is 0.746. The molecule has 1 heterocycles. The zero-order chi connectivity index (χ0) is 15.2. The zero-order valence-corrected chi connectivity index (χ0v) is 13.2. The Labute approximate surface area is 126 Å². The van der Waals surface area contributed by atoms with Gasteiger partial charge in [0.1, 0.15) is 17.4 Å². The highest BCUT2D eigenvalue weighted by Gasteiger charge is 2.10. The topological polar surface area (TPSA) is 47.0 Å². The molecule has 0 unspecified atom stereocenters. The van der Waals surface area contributed by atoms with E-state index in [2.05, 4.69) is 41.3 Å². The smallest absolute Gasteiger partial charge is 0.133 e. The van der Waals surface area contributed by atoms with Crippen LogP contribution in [0.15, 0.2) is 24.3 Å². The lowest BCUT2D eigenvalue weighted by Gasteiger charge is -2.12. The van der Waals surface area contributed by atoms with E-state index in [-0.39, 0.29) is 0 Å². The van der Waals surface area contributed by atoms with Crippen molar-refractivity contribution >= 4 is 5.82 Å². The van der Waals surface area contributed by atoms with Crippen molar-refractivity contribution in [1.82, 2.24) is 9.97 Å². The van der Waals surface area contributed by atoms with E-state index < -0.39 is 0 Å². The first kappa shape index (κ1) is 15.3. The van der Waals surface area contributed by atoms with Gasteiger partial charge in [-0.05, 0) is 51.5 Å². The summed E-state index contributed by atoms with van der Waals surface area (Å²) in [6, 6.07) is 8.09. The maximum absolute atomic E-state index is 5.62. The van der Waals surface area contributed by atoms with E-state index in [0.717, 1.165) is 53.8 Å². The molecule has 0 aliphatic heterocycles. The number of hydrogen-bond donors (Lipinski definition) is 1. The van der Waals surface area contributed by atoms with Gasteiger partial charge in [0.05, 0.1) is 12.3 Å². The van der Waals surface area contributed by atoms with E-state index in [1.54, 1.807) is 0 Å². The fourth-order valence-electron chi connectivity index (χ4n) is 2.18. The average molecular weight is 285 g/mol. The van der Waals surface area contributed by atoms with Crippen molar-refractivity contribution in [3.63, 3.8) is 0 Å². The summed E-state index contributed by atoms with van der Waals surface area (Å²) in [7, 11) is 0. The molecule has 0 radical (unpaired) electrons. The number of hydrogen-bond acceptors (Lipinski definition) is 4. The summed E-state index contributed by atoms with van der Waals surface area (Å²) in [6.45, 7) is 9.73. The highest BCUT2D eigenvalue weighted by Crippen LogP contribution is 2.27. The number of aromatic nitrogens is 2. The van der Waals surface area contributed by atoms with Gasteiger partial charge in [0.25, 0.3) is 0 Å². The van der Waals surface area contributed by atoms with Crippen molar-refractivity contribution < 1.29 is 4.74 Å². The van der Waals surface area contributed by atoms with Gasteiger partial charge in [0, 0.05) is 17.7 Å². The van der Waals surface area contributed by atoms with Crippen LogP contribution in [0.2, 0.25) is 0 Å². The molecule has 1 aromatic carbocycles. The van der Waals surface area contributed by atoms with Crippen molar-refractivity contribution in [2.45, 2.75) is 34.1 Å². The van der Waals surface area contributed by atoms with Gasteiger partial charge in [-0.25, -0.2) is 9.97 Å². The third kappa shape index (κ3) is 3.72. The number of benzene rings is 1. The van der Waals surface area contributed by atoms with Gasteiger partial charge < -0.3 is 10.1 Å². The number of rotatable bonds is 6. The Hall–Kier alpha value is -2.10. The molecule has 4 nitrogen and oxygen atoms in total. The highest BCUT2D eigenvalue weighted by molar-refractivity contribution is 5.68. The molecule has 0 saturated heterocycles. The standard InChI is InChI=1S/C17H23N3O/c1-5-11-21-15-9-7-14(8-10-15)16-12(3)17(18-6-2)20-13(4)19-16/h7-10H,5-6,11H2,1-4H3,(H,18,19,20). The summed E-state index contributed by atoms with van der Waals surface area (Å²) in [5.41, 5.74) is 3.13. The molecule has 1 aromatic heterocycles. The first-order chi connectivity index (χ1) is 10.2. The second-order valence-corrected chi connectivity index (χ2v) is 5.00. The van der Waals surface area contributed by atoms with Gasteiger partial charge in [-0.2, -0.15) is 0 Å². The minimum Gasteiger partial charge on any atom is -0.494 e. The lowest BCUT2D eigenvalue weighted by atomic mass is 10.1. The van der Waals surface area contributed by atoms with E-state index >= 15 is 0 Å². The number of nitrogens with one attached hydrogen (secondary N) is 1. The Morgan fingerprint density at radius 2 is 1.76 bits per heavy atom. The lowest BCUT2D eigenvalue weighted by Crippen LogP contribution is -2.06. The number of aryl methyl sites for hydroxylation is 1. The van der Waals surface area contributed by atoms with Crippen molar-refractivity contribution in [3.05, 3.63) is 35.7 Å². The Morgan fingerprint density at radius 1 is 1.05 bits per heavy atom. The van der Waals surface area contributed by atoms with E-state index in [1.807, 2.05) is 26.0 Å². The van der Waals surface area contributed by atoms with Crippen molar-refractivity contribution in [3.8, 4) is 17.0 Å². The van der Waals surface area contributed by atoms with E-state index in [9.17, 15) is 0 Å². The summed E-state index contributed by atoms with van der Waals surface area (Å²) >= 11 is 0. The van der Waals surface area contributed by atoms with Crippen LogP contribution in [0.5, 0.6) is 5.75 Å². The van der Waals surface area contributed by atoms with Crippen LogP contribution in [0.3, 0.4) is 0 Å². The summed E-state index contributed by atoms with van der Waals surface area (Å²) in [5.74, 6) is 2.58. The summed E-state index contributed by atoms with van der Waals surface area (Å²) in [4.78, 5) is 9.05. The summed E-state index contributed by atoms with van der Waals surface area (Å²) < 4.78 is 5.62. The molecule has 1 N–H and O–H groups in total. The molecule has 0 aliphatic rings. The fraction of sp³-hybridized carbons (Fsp3) is 0.412. The number of ether oxygens (including phenoxy) is 1. The SMILES string of the molecule is CCCOc1ccc(-c2nc(C)nc(NCC)c2C)cc1. The predicted molar refractivity (Wildman–Crippen MR) is 86.9 cm³/mol. The van der Waals surface area contributed by atoms with Crippen molar-refractivity contribution in [2.24, 2.45) is 0 Å². The third-order valence-electron chi connectivity index (χ3n) is 3.20. The van der Waals surface area contributed by atoms with Gasteiger partial charge in [-0.3, -0.25) is 0 Å². The van der Waals surface area contributed by atoms with Crippen LogP contribution in [-0.2, 0) is 0 Å². The fourth-order valence-corrected chi connectivity index (χ4v) is 2.18. The molecule has 0 saturated carbocycles. The van der Waals surface area contributed by atoms with Crippen LogP contribution in [0.25, 0.3) is 11.3 Å². The van der Waals surface area contributed by atoms with Crippen molar-refractivity contribution in [1.29, 1.82) is 0 Å². The minimum atomic E-state index is 0.746.